The van der Waals surface area contributed by atoms with E-state index in [0.717, 1.165) is 8.95 Å². The van der Waals surface area contributed by atoms with E-state index in [4.69, 9.17) is 0 Å². The van der Waals surface area contributed by atoms with E-state index in [1.54, 1.807) is 48.5 Å². The predicted octanol–water partition coefficient (Wildman–Crippen LogP) is 5.08. The van der Waals surface area contributed by atoms with Gasteiger partial charge in [-0.1, -0.05) is 56.1 Å². The summed E-state index contributed by atoms with van der Waals surface area (Å²) < 4.78 is 1.62. The summed E-state index contributed by atoms with van der Waals surface area (Å²) in [6.45, 7) is 2.62. The maximum atomic E-state index is 12.8. The van der Waals surface area contributed by atoms with Gasteiger partial charge in [0.15, 0.2) is 11.6 Å². The zero-order chi connectivity index (χ0) is 20.1. The summed E-state index contributed by atoms with van der Waals surface area (Å²) >= 11 is 6.60. The summed E-state index contributed by atoms with van der Waals surface area (Å²) in [6.07, 6.45) is -0.130. The number of hydrogen-bond donors (Lipinski definition) is 0. The van der Waals surface area contributed by atoms with E-state index >= 15 is 0 Å². The number of ketones is 4. The second kappa shape index (κ2) is 9.33. The second-order valence-corrected chi connectivity index (χ2v) is 8.14. The first-order chi connectivity index (χ1) is 12.7. The molecule has 2 rings (SSSR count). The molecule has 0 saturated heterocycles. The molecule has 27 heavy (non-hydrogen) atoms. The minimum absolute atomic E-state index is 0.130. The van der Waals surface area contributed by atoms with Crippen molar-refractivity contribution in [3.63, 3.8) is 0 Å². The average molecular weight is 494 g/mol. The van der Waals surface area contributed by atoms with Gasteiger partial charge in [-0.3, -0.25) is 19.2 Å². The van der Waals surface area contributed by atoms with Crippen LogP contribution in [-0.4, -0.2) is 23.1 Å². The molecule has 140 valence electrons. The maximum absolute atomic E-state index is 12.8. The Morgan fingerprint density at radius 2 is 0.963 bits per heavy atom. The van der Waals surface area contributed by atoms with Crippen LogP contribution in [-0.2, 0) is 9.59 Å². The number of Topliss-reactive ketones (excluding diaryl/α,β-unsaturated/α-hetero) is 4. The van der Waals surface area contributed by atoms with Crippen molar-refractivity contribution in [1.29, 1.82) is 0 Å². The smallest absolute Gasteiger partial charge is 0.173 e. The average Bonchev–Trinajstić information content (AvgIpc) is 2.62. The van der Waals surface area contributed by atoms with E-state index in [1.165, 1.54) is 13.8 Å². The van der Waals surface area contributed by atoms with E-state index in [2.05, 4.69) is 31.9 Å². The number of hydrogen-bond acceptors (Lipinski definition) is 4. The third kappa shape index (κ3) is 5.53. The van der Waals surface area contributed by atoms with Crippen LogP contribution in [0.25, 0.3) is 0 Å². The molecule has 0 saturated carbocycles. The molecule has 0 bridgehead atoms. The molecule has 2 aromatic rings. The molecule has 0 heterocycles. The van der Waals surface area contributed by atoms with Crippen LogP contribution >= 0.6 is 31.9 Å². The Morgan fingerprint density at radius 1 is 0.667 bits per heavy atom. The van der Waals surface area contributed by atoms with E-state index in [-0.39, 0.29) is 29.6 Å². The standard InChI is InChI=1S/C21H18Br2O4/c1-12(24)18(20(26)14-3-7-16(22)8-4-14)11-19(13(2)25)21(27)15-5-9-17(23)10-6-15/h3-10,18-19H,11H2,1-2H3. The molecule has 0 amide bonds. The maximum Gasteiger partial charge on any atom is 0.173 e. The Balaban J connectivity index is 2.30. The Kier molecular flexibility index (Phi) is 7.39. The van der Waals surface area contributed by atoms with Gasteiger partial charge in [0, 0.05) is 20.1 Å². The summed E-state index contributed by atoms with van der Waals surface area (Å²) in [7, 11) is 0. The molecule has 2 unspecified atom stereocenters. The van der Waals surface area contributed by atoms with Crippen LogP contribution in [0.1, 0.15) is 41.0 Å². The van der Waals surface area contributed by atoms with Crippen LogP contribution in [0.3, 0.4) is 0 Å². The molecular weight excluding hydrogens is 476 g/mol. The minimum Gasteiger partial charge on any atom is -0.299 e. The van der Waals surface area contributed by atoms with Crippen molar-refractivity contribution >= 4 is 55.0 Å². The first kappa shape index (κ1) is 21.4. The lowest BCUT2D eigenvalue weighted by Gasteiger charge is -2.19. The molecule has 0 aliphatic heterocycles. The number of rotatable bonds is 8. The number of carbonyl (C=O) groups excluding carboxylic acids is 4. The largest absolute Gasteiger partial charge is 0.299 e. The molecule has 0 spiro atoms. The van der Waals surface area contributed by atoms with Crippen LogP contribution < -0.4 is 0 Å². The Morgan fingerprint density at radius 3 is 1.22 bits per heavy atom. The zero-order valence-electron chi connectivity index (χ0n) is 14.9. The molecule has 4 nitrogen and oxygen atoms in total. The lowest BCUT2D eigenvalue weighted by atomic mass is 9.81. The second-order valence-electron chi connectivity index (χ2n) is 6.30. The van der Waals surface area contributed by atoms with Gasteiger partial charge in [-0.05, 0) is 44.5 Å². The van der Waals surface area contributed by atoms with Crippen molar-refractivity contribution in [3.05, 3.63) is 68.6 Å². The van der Waals surface area contributed by atoms with Crippen molar-refractivity contribution in [2.75, 3.05) is 0 Å². The monoisotopic (exact) mass is 492 g/mol. The van der Waals surface area contributed by atoms with E-state index in [0.29, 0.717) is 11.1 Å². The van der Waals surface area contributed by atoms with Crippen molar-refractivity contribution in [2.45, 2.75) is 20.3 Å². The van der Waals surface area contributed by atoms with Gasteiger partial charge in [0.05, 0.1) is 11.8 Å². The summed E-state index contributed by atoms with van der Waals surface area (Å²) in [5, 5.41) is 0. The summed E-state index contributed by atoms with van der Waals surface area (Å²) in [6, 6.07) is 13.3. The highest BCUT2D eigenvalue weighted by atomic mass is 79.9. The molecular formula is C21H18Br2O4. The number of halogens is 2. The van der Waals surface area contributed by atoms with Gasteiger partial charge in [-0.25, -0.2) is 0 Å². The fourth-order valence-corrected chi connectivity index (χ4v) is 3.31. The van der Waals surface area contributed by atoms with Crippen LogP contribution in [0.4, 0.5) is 0 Å². The molecule has 0 fully saturated rings. The van der Waals surface area contributed by atoms with Crippen molar-refractivity contribution in [2.24, 2.45) is 11.8 Å². The Bertz CT molecular complexity index is 797. The van der Waals surface area contributed by atoms with Gasteiger partial charge in [-0.2, -0.15) is 0 Å². The predicted molar refractivity (Wildman–Crippen MR) is 110 cm³/mol. The fourth-order valence-electron chi connectivity index (χ4n) is 2.78. The number of carbonyl (C=O) groups is 4. The fraction of sp³-hybridized carbons (Fsp3) is 0.238. The van der Waals surface area contributed by atoms with E-state index < -0.39 is 11.8 Å². The molecule has 0 aromatic heterocycles. The van der Waals surface area contributed by atoms with Crippen LogP contribution in [0.5, 0.6) is 0 Å². The highest BCUT2D eigenvalue weighted by molar-refractivity contribution is 9.10. The third-order valence-electron chi connectivity index (χ3n) is 4.34. The Labute approximate surface area is 174 Å². The molecule has 2 aromatic carbocycles. The van der Waals surface area contributed by atoms with Gasteiger partial charge in [-0.15, -0.1) is 0 Å². The molecule has 2 atom stereocenters. The summed E-state index contributed by atoms with van der Waals surface area (Å²) in [4.78, 5) is 49.8. The highest BCUT2D eigenvalue weighted by Crippen LogP contribution is 2.24. The van der Waals surface area contributed by atoms with Crippen molar-refractivity contribution in [3.8, 4) is 0 Å². The van der Waals surface area contributed by atoms with Crippen molar-refractivity contribution in [1.82, 2.24) is 0 Å². The SMILES string of the molecule is CC(=O)C(CC(C(C)=O)C(=O)c1ccc(Br)cc1)C(=O)c1ccc(Br)cc1. The molecule has 0 aliphatic carbocycles. The highest BCUT2D eigenvalue weighted by Gasteiger charge is 2.33. The van der Waals surface area contributed by atoms with Crippen LogP contribution in [0, 0.1) is 11.8 Å². The topological polar surface area (TPSA) is 68.3 Å². The Hall–Kier alpha value is -1.92. The summed E-state index contributed by atoms with van der Waals surface area (Å²) in [5.41, 5.74) is 0.744. The minimum atomic E-state index is -1.04. The lowest BCUT2D eigenvalue weighted by Crippen LogP contribution is -2.31. The van der Waals surface area contributed by atoms with Gasteiger partial charge in [0.1, 0.15) is 11.6 Å². The molecule has 0 N–H and O–H groups in total. The van der Waals surface area contributed by atoms with Gasteiger partial charge in [0.2, 0.25) is 0 Å². The third-order valence-corrected chi connectivity index (χ3v) is 5.40. The molecule has 0 aliphatic rings. The zero-order valence-corrected chi connectivity index (χ0v) is 18.0. The molecule has 0 radical (unpaired) electrons. The van der Waals surface area contributed by atoms with Gasteiger partial charge < -0.3 is 0 Å². The lowest BCUT2D eigenvalue weighted by molar-refractivity contribution is -0.121. The van der Waals surface area contributed by atoms with Crippen LogP contribution in [0.15, 0.2) is 57.5 Å². The normalized spacial score (nSPS) is 12.9. The van der Waals surface area contributed by atoms with Gasteiger partial charge in [0.25, 0.3) is 0 Å². The summed E-state index contributed by atoms with van der Waals surface area (Å²) in [5.74, 6) is -3.58. The van der Waals surface area contributed by atoms with E-state index in [9.17, 15) is 19.2 Å². The van der Waals surface area contributed by atoms with E-state index in [1.807, 2.05) is 0 Å². The first-order valence-electron chi connectivity index (χ1n) is 8.31. The van der Waals surface area contributed by atoms with Crippen LogP contribution in [0.2, 0.25) is 0 Å². The first-order valence-corrected chi connectivity index (χ1v) is 9.89. The van der Waals surface area contributed by atoms with Gasteiger partial charge >= 0.3 is 0 Å². The number of benzene rings is 2. The molecule has 6 heteroatoms. The van der Waals surface area contributed by atoms with Crippen molar-refractivity contribution < 1.29 is 19.2 Å². The quantitative estimate of drug-likeness (QED) is 0.380.